The number of para-hydroxylation sites is 2. The van der Waals surface area contributed by atoms with Gasteiger partial charge in [0.05, 0.1) is 18.7 Å². The van der Waals surface area contributed by atoms with Crippen LogP contribution in [0.15, 0.2) is 72.8 Å². The molecule has 5 nitrogen and oxygen atoms in total. The lowest BCUT2D eigenvalue weighted by Gasteiger charge is -2.23. The molecule has 0 aliphatic heterocycles. The maximum atomic E-state index is 13.6. The monoisotopic (exact) mass is 404 g/mol. The summed E-state index contributed by atoms with van der Waals surface area (Å²) in [4.78, 5) is 14.5. The fourth-order valence-corrected chi connectivity index (χ4v) is 2.96. The van der Waals surface area contributed by atoms with Gasteiger partial charge in [-0.2, -0.15) is 5.26 Å². The molecule has 0 unspecified atom stereocenters. The van der Waals surface area contributed by atoms with Gasteiger partial charge in [0.1, 0.15) is 5.82 Å². The molecule has 0 aliphatic rings. The Kier molecular flexibility index (Phi) is 7.01. The van der Waals surface area contributed by atoms with Crippen LogP contribution >= 0.6 is 0 Å². The van der Waals surface area contributed by atoms with Crippen LogP contribution in [0.5, 0.6) is 11.5 Å². The van der Waals surface area contributed by atoms with Crippen LogP contribution < -0.4 is 9.47 Å². The zero-order valence-corrected chi connectivity index (χ0v) is 16.5. The van der Waals surface area contributed by atoms with Crippen LogP contribution in [0, 0.1) is 17.1 Å². The maximum absolute atomic E-state index is 13.6. The molecule has 0 saturated carbocycles. The van der Waals surface area contributed by atoms with Crippen LogP contribution in [0.1, 0.15) is 16.7 Å². The number of amides is 1. The molecular weight excluding hydrogens is 383 g/mol. The summed E-state index contributed by atoms with van der Waals surface area (Å²) in [5, 5.41) is 8.96. The fourth-order valence-electron chi connectivity index (χ4n) is 2.96. The topological polar surface area (TPSA) is 62.6 Å². The average Bonchev–Trinajstić information content (AvgIpc) is 2.77. The molecule has 0 aliphatic carbocycles. The molecule has 3 rings (SSSR count). The number of halogens is 1. The molecule has 0 fully saturated rings. The van der Waals surface area contributed by atoms with E-state index in [0.717, 1.165) is 5.56 Å². The summed E-state index contributed by atoms with van der Waals surface area (Å²) in [6, 6.07) is 22.3. The number of ether oxygens (including phenoxy) is 2. The van der Waals surface area contributed by atoms with E-state index in [4.69, 9.17) is 14.7 Å². The molecule has 0 aromatic heterocycles. The van der Waals surface area contributed by atoms with E-state index >= 15 is 0 Å². The standard InChI is InChI=1S/C24H21FN2O3/c1-29-22-7-2-3-8-23(22)30-17-24(28)27(16-20-5-4-6-21(25)13-20)15-19-11-9-18(14-26)10-12-19/h2-13H,15-17H2,1H3. The van der Waals surface area contributed by atoms with E-state index in [1.807, 2.05) is 6.07 Å². The molecule has 1 amide bonds. The van der Waals surface area contributed by atoms with Crippen molar-refractivity contribution in [2.45, 2.75) is 13.1 Å². The fraction of sp³-hybridized carbons (Fsp3) is 0.167. The lowest BCUT2D eigenvalue weighted by Crippen LogP contribution is -2.34. The number of nitriles is 1. The highest BCUT2D eigenvalue weighted by molar-refractivity contribution is 5.78. The van der Waals surface area contributed by atoms with Gasteiger partial charge in [-0.05, 0) is 47.5 Å². The Labute approximate surface area is 174 Å². The van der Waals surface area contributed by atoms with Crippen molar-refractivity contribution in [2.75, 3.05) is 13.7 Å². The molecule has 3 aromatic rings. The third-order valence-corrected chi connectivity index (χ3v) is 4.49. The van der Waals surface area contributed by atoms with E-state index in [1.54, 1.807) is 59.5 Å². The second-order valence-electron chi connectivity index (χ2n) is 6.63. The Hall–Kier alpha value is -3.85. The average molecular weight is 404 g/mol. The SMILES string of the molecule is COc1ccccc1OCC(=O)N(Cc1ccc(C#N)cc1)Cc1cccc(F)c1. The highest BCUT2D eigenvalue weighted by Gasteiger charge is 2.17. The Morgan fingerprint density at radius 1 is 0.967 bits per heavy atom. The number of hydrogen-bond donors (Lipinski definition) is 0. The first-order chi connectivity index (χ1) is 14.6. The molecule has 0 bridgehead atoms. The quantitative estimate of drug-likeness (QED) is 0.561. The zero-order chi connectivity index (χ0) is 21.3. The van der Waals surface area contributed by atoms with Crippen molar-refractivity contribution in [3.8, 4) is 17.6 Å². The number of benzene rings is 3. The van der Waals surface area contributed by atoms with Gasteiger partial charge in [-0.3, -0.25) is 4.79 Å². The lowest BCUT2D eigenvalue weighted by molar-refractivity contribution is -0.134. The molecule has 0 radical (unpaired) electrons. The molecular formula is C24H21FN2O3. The van der Waals surface area contributed by atoms with E-state index in [2.05, 4.69) is 6.07 Å². The van der Waals surface area contributed by atoms with Gasteiger partial charge in [0.15, 0.2) is 18.1 Å². The molecule has 6 heteroatoms. The summed E-state index contributed by atoms with van der Waals surface area (Å²) in [5.41, 5.74) is 2.08. The van der Waals surface area contributed by atoms with Gasteiger partial charge in [-0.15, -0.1) is 0 Å². The molecule has 0 spiro atoms. The van der Waals surface area contributed by atoms with Crippen molar-refractivity contribution in [1.29, 1.82) is 5.26 Å². The summed E-state index contributed by atoms with van der Waals surface area (Å²) in [6.45, 7) is 0.341. The van der Waals surface area contributed by atoms with Crippen molar-refractivity contribution in [2.24, 2.45) is 0 Å². The predicted molar refractivity (Wildman–Crippen MR) is 110 cm³/mol. The Balaban J connectivity index is 1.76. The minimum Gasteiger partial charge on any atom is -0.493 e. The number of nitrogens with zero attached hydrogens (tertiary/aromatic N) is 2. The van der Waals surface area contributed by atoms with E-state index < -0.39 is 0 Å². The summed E-state index contributed by atoms with van der Waals surface area (Å²) < 4.78 is 24.5. The van der Waals surface area contributed by atoms with Crippen LogP contribution in [-0.2, 0) is 17.9 Å². The first kappa shape index (κ1) is 20.9. The van der Waals surface area contributed by atoms with Crippen LogP contribution in [0.2, 0.25) is 0 Å². The highest BCUT2D eigenvalue weighted by atomic mass is 19.1. The van der Waals surface area contributed by atoms with Gasteiger partial charge in [0.25, 0.3) is 5.91 Å². The zero-order valence-electron chi connectivity index (χ0n) is 16.5. The third kappa shape index (κ3) is 5.58. The van der Waals surface area contributed by atoms with Crippen LogP contribution in [0.4, 0.5) is 4.39 Å². The molecule has 3 aromatic carbocycles. The van der Waals surface area contributed by atoms with Crippen molar-refractivity contribution in [3.63, 3.8) is 0 Å². The summed E-state index contributed by atoms with van der Waals surface area (Å²) in [6.07, 6.45) is 0. The molecule has 0 saturated heterocycles. The maximum Gasteiger partial charge on any atom is 0.261 e. The molecule has 0 atom stereocenters. The highest BCUT2D eigenvalue weighted by Crippen LogP contribution is 2.25. The minimum atomic E-state index is -0.358. The Morgan fingerprint density at radius 3 is 2.33 bits per heavy atom. The molecule has 152 valence electrons. The van der Waals surface area contributed by atoms with Crippen LogP contribution in [0.3, 0.4) is 0 Å². The van der Waals surface area contributed by atoms with E-state index in [0.29, 0.717) is 29.2 Å². The largest absolute Gasteiger partial charge is 0.493 e. The van der Waals surface area contributed by atoms with Gasteiger partial charge >= 0.3 is 0 Å². The second-order valence-corrected chi connectivity index (χ2v) is 6.63. The molecule has 0 heterocycles. The van der Waals surface area contributed by atoms with Gasteiger partial charge in [0.2, 0.25) is 0 Å². The number of rotatable bonds is 8. The summed E-state index contributed by atoms with van der Waals surface area (Å²) in [7, 11) is 1.53. The molecule has 0 N–H and O–H groups in total. The normalized spacial score (nSPS) is 10.2. The van der Waals surface area contributed by atoms with Crippen molar-refractivity contribution < 1.29 is 18.7 Å². The predicted octanol–water partition coefficient (Wildman–Crippen LogP) is 4.31. The molecule has 30 heavy (non-hydrogen) atoms. The van der Waals surface area contributed by atoms with Gasteiger partial charge in [0, 0.05) is 13.1 Å². The number of methoxy groups -OCH3 is 1. The van der Waals surface area contributed by atoms with Crippen molar-refractivity contribution in [3.05, 3.63) is 95.3 Å². The number of carbonyl (C=O) groups excluding carboxylic acids is 1. The summed E-state index contributed by atoms with van der Waals surface area (Å²) >= 11 is 0. The smallest absolute Gasteiger partial charge is 0.261 e. The third-order valence-electron chi connectivity index (χ3n) is 4.49. The van der Waals surface area contributed by atoms with E-state index in [1.165, 1.54) is 19.2 Å². The first-order valence-electron chi connectivity index (χ1n) is 9.36. The first-order valence-corrected chi connectivity index (χ1v) is 9.36. The van der Waals surface area contributed by atoms with Crippen LogP contribution in [-0.4, -0.2) is 24.5 Å². The minimum absolute atomic E-state index is 0.189. The van der Waals surface area contributed by atoms with Crippen LogP contribution in [0.25, 0.3) is 0 Å². The Bertz CT molecular complexity index is 1040. The lowest BCUT2D eigenvalue weighted by atomic mass is 10.1. The Morgan fingerprint density at radius 2 is 1.67 bits per heavy atom. The van der Waals surface area contributed by atoms with Crippen molar-refractivity contribution >= 4 is 5.91 Å². The number of hydrogen-bond acceptors (Lipinski definition) is 4. The van der Waals surface area contributed by atoms with E-state index in [-0.39, 0.29) is 24.9 Å². The van der Waals surface area contributed by atoms with Gasteiger partial charge < -0.3 is 14.4 Å². The summed E-state index contributed by atoms with van der Waals surface area (Å²) in [5.74, 6) is 0.393. The van der Waals surface area contributed by atoms with Crippen molar-refractivity contribution in [1.82, 2.24) is 4.90 Å². The number of carbonyl (C=O) groups is 1. The van der Waals surface area contributed by atoms with Gasteiger partial charge in [-0.25, -0.2) is 4.39 Å². The van der Waals surface area contributed by atoms with E-state index in [9.17, 15) is 9.18 Å². The van der Waals surface area contributed by atoms with Gasteiger partial charge in [-0.1, -0.05) is 36.4 Å². The second kappa shape index (κ2) is 10.1.